The number of aromatic nitrogens is 2. The number of nitrogens with zero attached hydrogens (tertiary/aromatic N) is 2. The second-order valence-electron chi connectivity index (χ2n) is 4.75. The lowest BCUT2D eigenvalue weighted by Crippen LogP contribution is -2.04. The van der Waals surface area contributed by atoms with Gasteiger partial charge >= 0.3 is 0 Å². The number of methoxy groups -OCH3 is 2. The molecule has 5 nitrogen and oxygen atoms in total. The maximum absolute atomic E-state index is 6.05. The first-order chi connectivity index (χ1) is 9.74. The first kappa shape index (κ1) is 12.7. The molecule has 0 atom stereocenters. The van der Waals surface area contributed by atoms with Crippen LogP contribution in [0.25, 0.3) is 11.4 Å². The summed E-state index contributed by atoms with van der Waals surface area (Å²) in [6.07, 6.45) is 3.02. The Morgan fingerprint density at radius 2 is 1.95 bits per heavy atom. The molecule has 2 aromatic rings. The lowest BCUT2D eigenvalue weighted by Gasteiger charge is -2.13. The van der Waals surface area contributed by atoms with Crippen molar-refractivity contribution in [2.45, 2.75) is 19.3 Å². The predicted molar refractivity (Wildman–Crippen MR) is 77.0 cm³/mol. The highest BCUT2D eigenvalue weighted by atomic mass is 16.5. The molecule has 0 saturated heterocycles. The van der Waals surface area contributed by atoms with E-state index < -0.39 is 0 Å². The average molecular weight is 271 g/mol. The molecule has 0 amide bonds. The first-order valence-corrected chi connectivity index (χ1v) is 6.61. The Kier molecular flexibility index (Phi) is 3.18. The summed E-state index contributed by atoms with van der Waals surface area (Å²) >= 11 is 0. The largest absolute Gasteiger partial charge is 0.493 e. The Bertz CT molecular complexity index is 656. The van der Waals surface area contributed by atoms with Crippen LogP contribution in [0.1, 0.15) is 17.7 Å². The van der Waals surface area contributed by atoms with Crippen LogP contribution < -0.4 is 15.2 Å². The molecule has 0 aliphatic heterocycles. The van der Waals surface area contributed by atoms with Crippen molar-refractivity contribution < 1.29 is 9.47 Å². The van der Waals surface area contributed by atoms with Gasteiger partial charge in [-0.05, 0) is 31.4 Å². The van der Waals surface area contributed by atoms with Crippen LogP contribution in [0.3, 0.4) is 0 Å². The van der Waals surface area contributed by atoms with Crippen LogP contribution in [-0.4, -0.2) is 24.2 Å². The van der Waals surface area contributed by atoms with Gasteiger partial charge in [0.05, 0.1) is 19.8 Å². The van der Waals surface area contributed by atoms with Crippen LogP contribution in [0.4, 0.5) is 5.82 Å². The second-order valence-corrected chi connectivity index (χ2v) is 4.75. The third-order valence-corrected chi connectivity index (χ3v) is 3.61. The van der Waals surface area contributed by atoms with Crippen molar-refractivity contribution >= 4 is 5.82 Å². The molecule has 2 N–H and O–H groups in total. The molecule has 0 spiro atoms. The van der Waals surface area contributed by atoms with Crippen LogP contribution >= 0.6 is 0 Å². The molecule has 0 unspecified atom stereocenters. The molecule has 5 heteroatoms. The molecule has 0 bridgehead atoms. The molecule has 1 heterocycles. The summed E-state index contributed by atoms with van der Waals surface area (Å²) in [5, 5.41) is 0. The van der Waals surface area contributed by atoms with E-state index >= 15 is 0 Å². The summed E-state index contributed by atoms with van der Waals surface area (Å²) in [6, 6.07) is 5.65. The van der Waals surface area contributed by atoms with Crippen molar-refractivity contribution in [2.75, 3.05) is 20.0 Å². The molecule has 3 rings (SSSR count). The number of hydrogen-bond acceptors (Lipinski definition) is 5. The highest BCUT2D eigenvalue weighted by Crippen LogP contribution is 2.37. The van der Waals surface area contributed by atoms with Crippen LogP contribution in [-0.2, 0) is 12.8 Å². The number of nitrogen functional groups attached to an aromatic ring is 1. The fourth-order valence-electron chi connectivity index (χ4n) is 2.65. The van der Waals surface area contributed by atoms with Gasteiger partial charge in [-0.25, -0.2) is 9.97 Å². The van der Waals surface area contributed by atoms with Crippen molar-refractivity contribution in [1.82, 2.24) is 9.97 Å². The van der Waals surface area contributed by atoms with Crippen LogP contribution in [0.5, 0.6) is 11.5 Å². The number of fused-ring (bicyclic) bond motifs is 1. The lowest BCUT2D eigenvalue weighted by atomic mass is 10.1. The zero-order valence-corrected chi connectivity index (χ0v) is 11.6. The van der Waals surface area contributed by atoms with Crippen LogP contribution in [0.15, 0.2) is 18.2 Å². The maximum Gasteiger partial charge on any atom is 0.171 e. The third kappa shape index (κ3) is 1.95. The van der Waals surface area contributed by atoms with E-state index in [0.717, 1.165) is 36.1 Å². The molecule has 1 aromatic heterocycles. The van der Waals surface area contributed by atoms with Gasteiger partial charge in [0.15, 0.2) is 17.3 Å². The highest BCUT2D eigenvalue weighted by Gasteiger charge is 2.20. The minimum atomic E-state index is 0.576. The normalized spacial score (nSPS) is 13.1. The van der Waals surface area contributed by atoms with Gasteiger partial charge in [-0.1, -0.05) is 6.07 Å². The Labute approximate surface area is 117 Å². The summed E-state index contributed by atoms with van der Waals surface area (Å²) in [4.78, 5) is 9.07. The van der Waals surface area contributed by atoms with Gasteiger partial charge in [0.25, 0.3) is 0 Å². The highest BCUT2D eigenvalue weighted by molar-refractivity contribution is 5.70. The Hall–Kier alpha value is -2.30. The summed E-state index contributed by atoms with van der Waals surface area (Å²) in [7, 11) is 3.22. The SMILES string of the molecule is COc1cccc(-c2nc(N)c3c(n2)CCC3)c1OC. The zero-order valence-electron chi connectivity index (χ0n) is 11.6. The standard InChI is InChI=1S/C15H17N3O2/c1-19-12-8-4-6-10(13(12)20-2)15-17-11-7-3-5-9(11)14(16)18-15/h4,6,8H,3,5,7H2,1-2H3,(H2,16,17,18). The van der Waals surface area contributed by atoms with E-state index in [1.54, 1.807) is 14.2 Å². The van der Waals surface area contributed by atoms with Gasteiger partial charge in [0, 0.05) is 11.3 Å². The minimum Gasteiger partial charge on any atom is -0.493 e. The predicted octanol–water partition coefficient (Wildman–Crippen LogP) is 2.23. The quantitative estimate of drug-likeness (QED) is 0.927. The summed E-state index contributed by atoms with van der Waals surface area (Å²) in [5.41, 5.74) is 8.99. The smallest absolute Gasteiger partial charge is 0.171 e. The molecular formula is C15H17N3O2. The van der Waals surface area contributed by atoms with Gasteiger partial charge in [-0.2, -0.15) is 0 Å². The third-order valence-electron chi connectivity index (χ3n) is 3.61. The van der Waals surface area contributed by atoms with Gasteiger partial charge in [0.1, 0.15) is 5.82 Å². The van der Waals surface area contributed by atoms with Gasteiger partial charge < -0.3 is 15.2 Å². The fourth-order valence-corrected chi connectivity index (χ4v) is 2.65. The number of benzene rings is 1. The van der Waals surface area contributed by atoms with E-state index in [2.05, 4.69) is 9.97 Å². The fraction of sp³-hybridized carbons (Fsp3) is 0.333. The number of para-hydroxylation sites is 1. The van der Waals surface area contributed by atoms with Crippen LogP contribution in [0, 0.1) is 0 Å². The van der Waals surface area contributed by atoms with Crippen molar-refractivity contribution in [3.05, 3.63) is 29.5 Å². The van der Waals surface area contributed by atoms with Gasteiger partial charge in [-0.3, -0.25) is 0 Å². The number of ether oxygens (including phenoxy) is 2. The molecule has 104 valence electrons. The maximum atomic E-state index is 6.05. The van der Waals surface area contributed by atoms with E-state index in [-0.39, 0.29) is 0 Å². The molecule has 1 aliphatic rings. The molecule has 0 radical (unpaired) electrons. The van der Waals surface area contributed by atoms with E-state index in [0.29, 0.717) is 23.1 Å². The minimum absolute atomic E-state index is 0.576. The Balaban J connectivity index is 2.17. The Morgan fingerprint density at radius 3 is 2.70 bits per heavy atom. The van der Waals surface area contributed by atoms with E-state index in [1.165, 1.54) is 0 Å². The molecule has 20 heavy (non-hydrogen) atoms. The first-order valence-electron chi connectivity index (χ1n) is 6.61. The van der Waals surface area contributed by atoms with Crippen molar-refractivity contribution in [3.8, 4) is 22.9 Å². The molecule has 0 saturated carbocycles. The number of aryl methyl sites for hydroxylation is 1. The number of hydrogen-bond donors (Lipinski definition) is 1. The topological polar surface area (TPSA) is 70.3 Å². The molecule has 0 fully saturated rings. The van der Waals surface area contributed by atoms with Crippen molar-refractivity contribution in [3.63, 3.8) is 0 Å². The second kappa shape index (κ2) is 5.00. The number of nitrogens with two attached hydrogens (primary N) is 1. The monoisotopic (exact) mass is 271 g/mol. The summed E-state index contributed by atoms with van der Waals surface area (Å²) < 4.78 is 10.7. The van der Waals surface area contributed by atoms with Gasteiger partial charge in [-0.15, -0.1) is 0 Å². The van der Waals surface area contributed by atoms with E-state index in [9.17, 15) is 0 Å². The lowest BCUT2D eigenvalue weighted by molar-refractivity contribution is 0.356. The zero-order chi connectivity index (χ0) is 14.1. The van der Waals surface area contributed by atoms with Crippen LogP contribution in [0.2, 0.25) is 0 Å². The summed E-state index contributed by atoms with van der Waals surface area (Å²) in [5.74, 6) is 2.46. The Morgan fingerprint density at radius 1 is 1.10 bits per heavy atom. The molecule has 1 aromatic carbocycles. The van der Waals surface area contributed by atoms with Gasteiger partial charge in [0.2, 0.25) is 0 Å². The number of rotatable bonds is 3. The van der Waals surface area contributed by atoms with E-state index in [4.69, 9.17) is 15.2 Å². The molecule has 1 aliphatic carbocycles. The van der Waals surface area contributed by atoms with Crippen molar-refractivity contribution in [1.29, 1.82) is 0 Å². The summed E-state index contributed by atoms with van der Waals surface area (Å²) in [6.45, 7) is 0. The van der Waals surface area contributed by atoms with E-state index in [1.807, 2.05) is 18.2 Å². The number of anilines is 1. The average Bonchev–Trinajstić information content (AvgIpc) is 2.95. The molecular weight excluding hydrogens is 254 g/mol. The van der Waals surface area contributed by atoms with Crippen molar-refractivity contribution in [2.24, 2.45) is 0 Å².